The number of nitrogens with one attached hydrogen (secondary N) is 1. The Kier molecular flexibility index (Phi) is 6.64. The van der Waals surface area contributed by atoms with E-state index in [9.17, 15) is 22.8 Å². The number of halogens is 3. The van der Waals surface area contributed by atoms with Gasteiger partial charge in [-0.05, 0) is 59.3 Å². The van der Waals surface area contributed by atoms with Crippen molar-refractivity contribution >= 4 is 33.2 Å². The molecule has 39 heavy (non-hydrogen) atoms. The monoisotopic (exact) mass is 549 g/mol. The number of benzene rings is 3. The molecule has 0 aliphatic carbocycles. The molecule has 3 aromatic carbocycles. The maximum Gasteiger partial charge on any atom is 0.416 e. The third-order valence-corrected chi connectivity index (χ3v) is 8.50. The first-order valence-corrected chi connectivity index (χ1v) is 13.7. The lowest BCUT2D eigenvalue weighted by atomic mass is 10.0. The molecular formula is C30H26F3N3O2S. The van der Waals surface area contributed by atoms with Gasteiger partial charge in [0.25, 0.3) is 11.8 Å². The highest BCUT2D eigenvalue weighted by Crippen LogP contribution is 2.34. The molecular weight excluding hydrogens is 523 g/mol. The van der Waals surface area contributed by atoms with Crippen LogP contribution in [0.25, 0.3) is 21.2 Å². The highest BCUT2D eigenvalue weighted by atomic mass is 32.1. The molecule has 1 unspecified atom stereocenters. The SMILES string of the molecule is O=C(c1ccccc1)N1CCC(NC2CN(C(=O)c3cc4ccc(-c5ccc(C(F)(F)F)cc5)cc4s3)C2)C1. The molecule has 2 fully saturated rings. The van der Waals surface area contributed by atoms with Crippen molar-refractivity contribution in [3.63, 3.8) is 0 Å². The summed E-state index contributed by atoms with van der Waals surface area (Å²) >= 11 is 1.40. The van der Waals surface area contributed by atoms with Gasteiger partial charge in [0.15, 0.2) is 0 Å². The first kappa shape index (κ1) is 25.6. The average Bonchev–Trinajstić information content (AvgIpc) is 3.56. The van der Waals surface area contributed by atoms with Gasteiger partial charge in [-0.2, -0.15) is 13.2 Å². The van der Waals surface area contributed by atoms with Crippen LogP contribution in [0.3, 0.4) is 0 Å². The van der Waals surface area contributed by atoms with E-state index < -0.39 is 11.7 Å². The fraction of sp³-hybridized carbons (Fsp3) is 0.267. The molecule has 9 heteroatoms. The van der Waals surface area contributed by atoms with Crippen molar-refractivity contribution in [3.05, 3.63) is 94.9 Å². The molecule has 0 spiro atoms. The molecule has 2 aliphatic rings. The van der Waals surface area contributed by atoms with Gasteiger partial charge in [0.05, 0.1) is 10.4 Å². The van der Waals surface area contributed by atoms with Gasteiger partial charge >= 0.3 is 6.18 Å². The number of carbonyl (C=O) groups is 2. The van der Waals surface area contributed by atoms with Crippen molar-refractivity contribution in [2.24, 2.45) is 0 Å². The summed E-state index contributed by atoms with van der Waals surface area (Å²) < 4.78 is 39.6. The summed E-state index contributed by atoms with van der Waals surface area (Å²) in [5.74, 6) is 0.0363. The number of thiophene rings is 1. The lowest BCUT2D eigenvalue weighted by molar-refractivity contribution is -0.137. The maximum absolute atomic E-state index is 13.1. The summed E-state index contributed by atoms with van der Waals surface area (Å²) in [5.41, 5.74) is 1.53. The minimum absolute atomic E-state index is 0.0161. The summed E-state index contributed by atoms with van der Waals surface area (Å²) in [5, 5.41) is 4.53. The third kappa shape index (κ3) is 5.29. The molecule has 200 valence electrons. The molecule has 2 aliphatic heterocycles. The maximum atomic E-state index is 13.1. The number of nitrogens with zero attached hydrogens (tertiary/aromatic N) is 2. The Bertz CT molecular complexity index is 1510. The van der Waals surface area contributed by atoms with Crippen LogP contribution in [-0.2, 0) is 6.18 Å². The van der Waals surface area contributed by atoms with E-state index in [0.29, 0.717) is 35.6 Å². The standard InChI is InChI=1S/C30H26F3N3O2S/c31-30(32,33)23-10-8-19(9-11-23)21-6-7-22-15-27(39-26(22)14-21)29(38)36-17-25(18-36)34-24-12-13-35(16-24)28(37)20-4-2-1-3-5-20/h1-11,14-15,24-25,34H,12-13,16-18H2. The zero-order valence-corrected chi connectivity index (χ0v) is 21.8. The smallest absolute Gasteiger partial charge is 0.337 e. The number of rotatable bonds is 5. The van der Waals surface area contributed by atoms with Gasteiger partial charge < -0.3 is 15.1 Å². The Morgan fingerprint density at radius 2 is 1.49 bits per heavy atom. The third-order valence-electron chi connectivity index (χ3n) is 7.41. The predicted molar refractivity (Wildman–Crippen MR) is 146 cm³/mol. The van der Waals surface area contributed by atoms with E-state index in [0.717, 1.165) is 40.7 Å². The second-order valence-electron chi connectivity index (χ2n) is 10.1. The van der Waals surface area contributed by atoms with Crippen LogP contribution in [0.5, 0.6) is 0 Å². The molecule has 2 amide bonds. The van der Waals surface area contributed by atoms with E-state index in [1.807, 2.05) is 64.4 Å². The van der Waals surface area contributed by atoms with Gasteiger partial charge in [-0.1, -0.05) is 42.5 Å². The topological polar surface area (TPSA) is 52.7 Å². The molecule has 5 nitrogen and oxygen atoms in total. The molecule has 1 aromatic heterocycles. The lowest BCUT2D eigenvalue weighted by Gasteiger charge is -2.40. The zero-order valence-electron chi connectivity index (χ0n) is 20.9. The lowest BCUT2D eigenvalue weighted by Crippen LogP contribution is -2.61. The second-order valence-corrected chi connectivity index (χ2v) is 11.2. The van der Waals surface area contributed by atoms with Crippen LogP contribution < -0.4 is 5.32 Å². The van der Waals surface area contributed by atoms with Gasteiger partial charge in [0.2, 0.25) is 0 Å². The number of likely N-dealkylation sites (tertiary alicyclic amines) is 2. The van der Waals surface area contributed by atoms with Gasteiger partial charge in [-0.15, -0.1) is 11.3 Å². The highest BCUT2D eigenvalue weighted by Gasteiger charge is 2.35. The quantitative estimate of drug-likeness (QED) is 0.337. The van der Waals surface area contributed by atoms with E-state index in [4.69, 9.17) is 0 Å². The first-order chi connectivity index (χ1) is 18.7. The fourth-order valence-corrected chi connectivity index (χ4v) is 6.32. The largest absolute Gasteiger partial charge is 0.416 e. The number of amides is 2. The number of fused-ring (bicyclic) bond motifs is 1. The Morgan fingerprint density at radius 3 is 2.21 bits per heavy atom. The van der Waals surface area contributed by atoms with E-state index in [-0.39, 0.29) is 23.9 Å². The van der Waals surface area contributed by atoms with E-state index in [1.54, 1.807) is 0 Å². The van der Waals surface area contributed by atoms with E-state index in [1.165, 1.54) is 23.5 Å². The van der Waals surface area contributed by atoms with Crippen molar-refractivity contribution in [1.82, 2.24) is 15.1 Å². The Hall–Kier alpha value is -3.69. The molecule has 0 radical (unpaired) electrons. The number of hydrogen-bond donors (Lipinski definition) is 1. The van der Waals surface area contributed by atoms with Crippen molar-refractivity contribution in [2.75, 3.05) is 26.2 Å². The number of carbonyl (C=O) groups excluding carboxylic acids is 2. The molecule has 0 saturated carbocycles. The van der Waals surface area contributed by atoms with Gasteiger partial charge in [0.1, 0.15) is 0 Å². The van der Waals surface area contributed by atoms with E-state index in [2.05, 4.69) is 5.32 Å². The Labute approximate surface area is 227 Å². The van der Waals surface area contributed by atoms with Crippen molar-refractivity contribution < 1.29 is 22.8 Å². The molecule has 0 bridgehead atoms. The Balaban J connectivity index is 1.04. The molecule has 1 N–H and O–H groups in total. The molecule has 1 atom stereocenters. The average molecular weight is 550 g/mol. The molecule has 6 rings (SSSR count). The van der Waals surface area contributed by atoms with Crippen molar-refractivity contribution in [2.45, 2.75) is 24.7 Å². The fourth-order valence-electron chi connectivity index (χ4n) is 5.25. The Morgan fingerprint density at radius 1 is 0.795 bits per heavy atom. The van der Waals surface area contributed by atoms with Gasteiger partial charge in [-0.3, -0.25) is 9.59 Å². The number of hydrogen-bond acceptors (Lipinski definition) is 4. The van der Waals surface area contributed by atoms with Crippen LogP contribution in [0.15, 0.2) is 78.9 Å². The van der Waals surface area contributed by atoms with Crippen molar-refractivity contribution in [1.29, 1.82) is 0 Å². The minimum Gasteiger partial charge on any atom is -0.337 e. The van der Waals surface area contributed by atoms with Crippen LogP contribution in [0, 0.1) is 0 Å². The summed E-state index contributed by atoms with van der Waals surface area (Å²) in [6.45, 7) is 2.62. The van der Waals surface area contributed by atoms with Crippen LogP contribution in [0.1, 0.15) is 32.0 Å². The first-order valence-electron chi connectivity index (χ1n) is 12.9. The summed E-state index contributed by atoms with van der Waals surface area (Å²) in [4.78, 5) is 30.2. The van der Waals surface area contributed by atoms with Gasteiger partial charge in [-0.25, -0.2) is 0 Å². The molecule has 4 aromatic rings. The number of alkyl halides is 3. The van der Waals surface area contributed by atoms with Gasteiger partial charge in [0, 0.05) is 48.5 Å². The summed E-state index contributed by atoms with van der Waals surface area (Å²) in [7, 11) is 0. The highest BCUT2D eigenvalue weighted by molar-refractivity contribution is 7.20. The zero-order chi connectivity index (χ0) is 27.1. The van der Waals surface area contributed by atoms with E-state index >= 15 is 0 Å². The van der Waals surface area contributed by atoms with Crippen molar-refractivity contribution in [3.8, 4) is 11.1 Å². The molecule has 3 heterocycles. The normalized spacial score (nSPS) is 18.0. The van der Waals surface area contributed by atoms with Crippen LogP contribution >= 0.6 is 11.3 Å². The summed E-state index contributed by atoms with van der Waals surface area (Å²) in [6, 6.07) is 22.4. The summed E-state index contributed by atoms with van der Waals surface area (Å²) in [6.07, 6.45) is -3.48. The van der Waals surface area contributed by atoms with Crippen LogP contribution in [0.2, 0.25) is 0 Å². The molecule has 2 saturated heterocycles. The van der Waals surface area contributed by atoms with Crippen LogP contribution in [0.4, 0.5) is 13.2 Å². The minimum atomic E-state index is -4.37. The van der Waals surface area contributed by atoms with Crippen LogP contribution in [-0.4, -0.2) is 59.9 Å². The predicted octanol–water partition coefficient (Wildman–Crippen LogP) is 5.92. The second kappa shape index (κ2) is 10.1.